The standard InChI is InChI=1S/C12H9ClN4/c13-9-2-1-3-10(5-9)17-12-11(15)4-8(6-14)7-16-12/h1-5,7H,15H2,(H,16,17). The molecule has 1 aromatic heterocycles. The van der Waals surface area contributed by atoms with Crippen LogP contribution in [0, 0.1) is 11.3 Å². The van der Waals surface area contributed by atoms with Gasteiger partial charge in [-0.3, -0.25) is 0 Å². The van der Waals surface area contributed by atoms with Gasteiger partial charge in [-0.05, 0) is 24.3 Å². The van der Waals surface area contributed by atoms with E-state index in [9.17, 15) is 0 Å². The lowest BCUT2D eigenvalue weighted by atomic mass is 10.2. The summed E-state index contributed by atoms with van der Waals surface area (Å²) in [6, 6.07) is 10.8. The maximum absolute atomic E-state index is 8.70. The first-order valence-electron chi connectivity index (χ1n) is 4.87. The number of nitrogen functional groups attached to an aromatic ring is 1. The van der Waals surface area contributed by atoms with Gasteiger partial charge in [0.2, 0.25) is 0 Å². The van der Waals surface area contributed by atoms with Crippen molar-refractivity contribution in [2.45, 2.75) is 0 Å². The highest BCUT2D eigenvalue weighted by atomic mass is 35.5. The lowest BCUT2D eigenvalue weighted by molar-refractivity contribution is 1.29. The average Bonchev–Trinajstić information content (AvgIpc) is 2.32. The third-order valence-electron chi connectivity index (χ3n) is 2.13. The predicted molar refractivity (Wildman–Crippen MR) is 68.1 cm³/mol. The molecule has 5 heteroatoms. The highest BCUT2D eigenvalue weighted by Crippen LogP contribution is 2.23. The van der Waals surface area contributed by atoms with E-state index in [1.54, 1.807) is 18.2 Å². The van der Waals surface area contributed by atoms with Crippen LogP contribution in [0.4, 0.5) is 17.2 Å². The van der Waals surface area contributed by atoms with Crippen LogP contribution < -0.4 is 11.1 Å². The van der Waals surface area contributed by atoms with Crippen LogP contribution in [0.15, 0.2) is 36.5 Å². The van der Waals surface area contributed by atoms with Gasteiger partial charge >= 0.3 is 0 Å². The molecule has 2 rings (SSSR count). The van der Waals surface area contributed by atoms with E-state index in [0.717, 1.165) is 5.69 Å². The van der Waals surface area contributed by atoms with Gasteiger partial charge in [0.05, 0.1) is 11.3 Å². The Bertz CT molecular complexity index is 589. The predicted octanol–water partition coefficient (Wildman–Crippen LogP) is 2.93. The summed E-state index contributed by atoms with van der Waals surface area (Å²) in [5.41, 5.74) is 7.42. The summed E-state index contributed by atoms with van der Waals surface area (Å²) in [5.74, 6) is 0.506. The number of benzene rings is 1. The first-order chi connectivity index (χ1) is 8.19. The molecule has 84 valence electrons. The van der Waals surface area contributed by atoms with E-state index in [4.69, 9.17) is 22.6 Å². The zero-order chi connectivity index (χ0) is 12.3. The molecule has 0 radical (unpaired) electrons. The molecule has 0 aliphatic carbocycles. The summed E-state index contributed by atoms with van der Waals surface area (Å²) < 4.78 is 0. The fourth-order valence-electron chi connectivity index (χ4n) is 1.35. The number of hydrogen-bond acceptors (Lipinski definition) is 4. The molecule has 4 nitrogen and oxygen atoms in total. The topological polar surface area (TPSA) is 74.7 Å². The molecule has 0 amide bonds. The van der Waals surface area contributed by atoms with Crippen LogP contribution in [0.2, 0.25) is 5.02 Å². The van der Waals surface area contributed by atoms with Gasteiger partial charge in [-0.2, -0.15) is 5.26 Å². The quantitative estimate of drug-likeness (QED) is 0.852. The van der Waals surface area contributed by atoms with Crippen molar-refractivity contribution in [3.05, 3.63) is 47.1 Å². The number of halogens is 1. The van der Waals surface area contributed by atoms with Gasteiger partial charge in [0.25, 0.3) is 0 Å². The molecular formula is C12H9ClN4. The van der Waals surface area contributed by atoms with Gasteiger partial charge in [0.15, 0.2) is 5.82 Å². The van der Waals surface area contributed by atoms with E-state index in [2.05, 4.69) is 10.3 Å². The van der Waals surface area contributed by atoms with Gasteiger partial charge in [0, 0.05) is 16.9 Å². The molecule has 2 aromatic rings. The molecule has 0 unspecified atom stereocenters. The second-order valence-electron chi connectivity index (χ2n) is 3.41. The Labute approximate surface area is 104 Å². The zero-order valence-corrected chi connectivity index (χ0v) is 9.57. The number of hydrogen-bond donors (Lipinski definition) is 2. The molecule has 0 aliphatic rings. The summed E-state index contributed by atoms with van der Waals surface area (Å²) in [6.07, 6.45) is 1.46. The monoisotopic (exact) mass is 244 g/mol. The fraction of sp³-hybridized carbons (Fsp3) is 0. The largest absolute Gasteiger partial charge is 0.396 e. The summed E-state index contributed by atoms with van der Waals surface area (Å²) >= 11 is 5.86. The highest BCUT2D eigenvalue weighted by molar-refractivity contribution is 6.30. The van der Waals surface area contributed by atoms with Crippen molar-refractivity contribution in [3.8, 4) is 6.07 Å². The van der Waals surface area contributed by atoms with Crippen LogP contribution in [0.25, 0.3) is 0 Å². The van der Waals surface area contributed by atoms with E-state index < -0.39 is 0 Å². The molecule has 0 fully saturated rings. The molecule has 0 atom stereocenters. The molecule has 1 heterocycles. The van der Waals surface area contributed by atoms with Crippen LogP contribution in [0.5, 0.6) is 0 Å². The van der Waals surface area contributed by atoms with E-state index >= 15 is 0 Å². The second-order valence-corrected chi connectivity index (χ2v) is 3.85. The minimum absolute atomic E-state index is 0.420. The highest BCUT2D eigenvalue weighted by Gasteiger charge is 2.03. The summed E-state index contributed by atoms with van der Waals surface area (Å²) in [5, 5.41) is 12.4. The van der Waals surface area contributed by atoms with E-state index in [1.807, 2.05) is 18.2 Å². The molecule has 0 saturated heterocycles. The molecule has 17 heavy (non-hydrogen) atoms. The number of nitrogens with one attached hydrogen (secondary N) is 1. The number of nitriles is 1. The van der Waals surface area contributed by atoms with Crippen LogP contribution in [-0.4, -0.2) is 4.98 Å². The number of aromatic nitrogens is 1. The van der Waals surface area contributed by atoms with Crippen LogP contribution >= 0.6 is 11.6 Å². The molecule has 3 N–H and O–H groups in total. The third kappa shape index (κ3) is 2.65. The first-order valence-corrected chi connectivity index (χ1v) is 5.25. The van der Waals surface area contributed by atoms with Gasteiger partial charge in [0.1, 0.15) is 6.07 Å². The minimum atomic E-state index is 0.420. The molecule has 1 aromatic carbocycles. The lowest BCUT2D eigenvalue weighted by Gasteiger charge is -2.08. The zero-order valence-electron chi connectivity index (χ0n) is 8.81. The molecule has 0 spiro atoms. The molecule has 0 aliphatic heterocycles. The van der Waals surface area contributed by atoms with Gasteiger partial charge in [-0.1, -0.05) is 17.7 Å². The minimum Gasteiger partial charge on any atom is -0.396 e. The summed E-state index contributed by atoms with van der Waals surface area (Å²) in [7, 11) is 0. The normalized spacial score (nSPS) is 9.65. The number of anilines is 3. The van der Waals surface area contributed by atoms with Gasteiger partial charge in [-0.25, -0.2) is 4.98 Å². The van der Waals surface area contributed by atoms with Crippen molar-refractivity contribution in [1.82, 2.24) is 4.98 Å². The van der Waals surface area contributed by atoms with Crippen molar-refractivity contribution < 1.29 is 0 Å². The summed E-state index contributed by atoms with van der Waals surface area (Å²) in [4.78, 5) is 4.07. The fourth-order valence-corrected chi connectivity index (χ4v) is 1.54. The van der Waals surface area contributed by atoms with Crippen molar-refractivity contribution in [2.75, 3.05) is 11.1 Å². The Hall–Kier alpha value is -2.25. The van der Waals surface area contributed by atoms with Gasteiger partial charge in [-0.15, -0.1) is 0 Å². The van der Waals surface area contributed by atoms with Gasteiger partial charge < -0.3 is 11.1 Å². The maximum atomic E-state index is 8.70. The van der Waals surface area contributed by atoms with Crippen LogP contribution in [0.3, 0.4) is 0 Å². The Morgan fingerprint density at radius 1 is 1.35 bits per heavy atom. The molecule has 0 bridgehead atoms. The van der Waals surface area contributed by atoms with E-state index in [0.29, 0.717) is 22.1 Å². The lowest BCUT2D eigenvalue weighted by Crippen LogP contribution is -1.99. The Morgan fingerprint density at radius 3 is 2.82 bits per heavy atom. The van der Waals surface area contributed by atoms with E-state index in [1.165, 1.54) is 6.20 Å². The van der Waals surface area contributed by atoms with Crippen molar-refractivity contribution >= 4 is 28.8 Å². The second kappa shape index (κ2) is 4.73. The SMILES string of the molecule is N#Cc1cnc(Nc2cccc(Cl)c2)c(N)c1. The smallest absolute Gasteiger partial charge is 0.153 e. The molecule has 0 saturated carbocycles. The average molecular weight is 245 g/mol. The maximum Gasteiger partial charge on any atom is 0.153 e. The molecular weight excluding hydrogens is 236 g/mol. The Morgan fingerprint density at radius 2 is 2.18 bits per heavy atom. The Kier molecular flexibility index (Phi) is 3.12. The van der Waals surface area contributed by atoms with Crippen molar-refractivity contribution in [1.29, 1.82) is 5.26 Å². The number of nitrogens with two attached hydrogens (primary N) is 1. The van der Waals surface area contributed by atoms with Crippen LogP contribution in [-0.2, 0) is 0 Å². The van der Waals surface area contributed by atoms with Crippen molar-refractivity contribution in [3.63, 3.8) is 0 Å². The van der Waals surface area contributed by atoms with Crippen molar-refractivity contribution in [2.24, 2.45) is 0 Å². The van der Waals surface area contributed by atoms with E-state index in [-0.39, 0.29) is 0 Å². The third-order valence-corrected chi connectivity index (χ3v) is 2.37. The number of nitrogens with zero attached hydrogens (tertiary/aromatic N) is 2. The Balaban J connectivity index is 2.28. The summed E-state index contributed by atoms with van der Waals surface area (Å²) in [6.45, 7) is 0. The first kappa shape index (κ1) is 11.2. The number of rotatable bonds is 2. The van der Waals surface area contributed by atoms with Crippen LogP contribution in [0.1, 0.15) is 5.56 Å². The number of pyridine rings is 1.